The number of allylic oxidation sites excluding steroid dienone is 12. The number of hydrogen-bond donors (Lipinski definition) is 1. The highest BCUT2D eigenvalue weighted by atomic mass is 31.2. The zero-order chi connectivity index (χ0) is 42.1. The van der Waals surface area contributed by atoms with Gasteiger partial charge in [0.05, 0.1) is 27.7 Å². The zero-order valence-corrected chi connectivity index (χ0v) is 37.7. The zero-order valence-electron chi connectivity index (χ0n) is 36.8. The molecule has 10 heteroatoms. The molecule has 9 nitrogen and oxygen atoms in total. The standard InChI is InChI=1S/C47H82NO8P/c1-6-8-10-12-14-16-18-20-22-23-24-25-26-28-30-32-34-36-38-40-47(50)56-45(44-55-57(51,52)54-42-41-48(3,4)5)43-53-46(49)39-37-35-33-31-29-27-21-19-17-15-13-11-9-7-2/h13-16,19-22,24-25,28,30,45H,6-12,17-18,23,26-27,29,31-44H2,1-5H3/p+1/b15-13-,16-14-,21-19-,22-20-,25-24-,30-28-/t45-/m1/s1. The average Bonchev–Trinajstić information content (AvgIpc) is 3.16. The molecule has 0 spiro atoms. The number of ether oxygens (including phenoxy) is 2. The van der Waals surface area contributed by atoms with Crippen molar-refractivity contribution in [2.75, 3.05) is 47.5 Å². The summed E-state index contributed by atoms with van der Waals surface area (Å²) < 4.78 is 34.2. The van der Waals surface area contributed by atoms with Gasteiger partial charge in [0, 0.05) is 12.8 Å². The second-order valence-electron chi connectivity index (χ2n) is 15.7. The van der Waals surface area contributed by atoms with Crippen molar-refractivity contribution < 1.29 is 42.1 Å². The Labute approximate surface area is 348 Å². The van der Waals surface area contributed by atoms with Gasteiger partial charge >= 0.3 is 19.8 Å². The molecule has 0 saturated heterocycles. The molecule has 0 bridgehead atoms. The number of carbonyl (C=O) groups is 2. The number of hydrogen-bond acceptors (Lipinski definition) is 7. The van der Waals surface area contributed by atoms with E-state index in [-0.39, 0.29) is 26.1 Å². The van der Waals surface area contributed by atoms with Gasteiger partial charge in [-0.05, 0) is 83.5 Å². The Hall–Kier alpha value is -2.55. The Bertz CT molecular complexity index is 1200. The molecule has 0 aromatic rings. The Morgan fingerprint density at radius 2 is 0.965 bits per heavy atom. The van der Waals surface area contributed by atoms with Gasteiger partial charge in [-0.2, -0.15) is 0 Å². The molecule has 57 heavy (non-hydrogen) atoms. The molecule has 1 N–H and O–H groups in total. The number of unbranched alkanes of at least 4 members (excludes halogenated alkanes) is 13. The minimum absolute atomic E-state index is 0.0191. The van der Waals surface area contributed by atoms with Crippen LogP contribution >= 0.6 is 7.82 Å². The molecule has 0 aliphatic carbocycles. The lowest BCUT2D eigenvalue weighted by Gasteiger charge is -2.24. The van der Waals surface area contributed by atoms with Crippen molar-refractivity contribution in [1.82, 2.24) is 0 Å². The van der Waals surface area contributed by atoms with Gasteiger partial charge in [-0.3, -0.25) is 18.6 Å². The van der Waals surface area contributed by atoms with Crippen molar-refractivity contribution in [3.05, 3.63) is 72.9 Å². The normalized spacial score (nSPS) is 14.3. The third-order valence-corrected chi connectivity index (χ3v) is 9.94. The number of nitrogens with zero attached hydrogens (tertiary/aromatic N) is 1. The summed E-state index contributed by atoms with van der Waals surface area (Å²) in [5.74, 6) is -0.858. The van der Waals surface area contributed by atoms with Crippen LogP contribution in [0.1, 0.15) is 162 Å². The summed E-state index contributed by atoms with van der Waals surface area (Å²) in [4.78, 5) is 35.4. The van der Waals surface area contributed by atoms with E-state index in [1.54, 1.807) is 0 Å². The second-order valence-corrected chi connectivity index (χ2v) is 17.2. The van der Waals surface area contributed by atoms with Crippen LogP contribution in [0.3, 0.4) is 0 Å². The molecule has 0 radical (unpaired) electrons. The highest BCUT2D eigenvalue weighted by Gasteiger charge is 2.27. The lowest BCUT2D eigenvalue weighted by molar-refractivity contribution is -0.870. The first-order valence-electron chi connectivity index (χ1n) is 22.2. The van der Waals surface area contributed by atoms with Crippen LogP contribution in [-0.2, 0) is 32.7 Å². The molecule has 0 aromatic heterocycles. The van der Waals surface area contributed by atoms with Gasteiger partial charge in [0.2, 0.25) is 0 Å². The first kappa shape index (κ1) is 54.5. The Balaban J connectivity index is 4.46. The smallest absolute Gasteiger partial charge is 0.462 e. The number of phosphoric acid groups is 1. The number of rotatable bonds is 39. The lowest BCUT2D eigenvalue weighted by Crippen LogP contribution is -2.37. The SMILES string of the molecule is CCCC/C=C\C/C=C\CCCCCCCC(=O)OC[C@H](COP(=O)(O)OCC[N+](C)(C)C)OC(=O)CCCCC/C=C\C/C=C\C/C=C\C/C=C\CCCCC. The number of carbonyl (C=O) groups excluding carboxylic acids is 2. The molecular formula is C47H83NO8P+. The van der Waals surface area contributed by atoms with E-state index in [1.807, 2.05) is 21.1 Å². The largest absolute Gasteiger partial charge is 0.472 e. The van der Waals surface area contributed by atoms with E-state index in [4.69, 9.17) is 18.5 Å². The maximum Gasteiger partial charge on any atom is 0.472 e. The molecule has 0 fully saturated rings. The van der Waals surface area contributed by atoms with Crippen molar-refractivity contribution in [2.24, 2.45) is 0 Å². The number of phosphoric ester groups is 1. The second kappa shape index (κ2) is 38.9. The molecule has 0 rings (SSSR count). The summed E-state index contributed by atoms with van der Waals surface area (Å²) in [7, 11) is 1.43. The Morgan fingerprint density at radius 1 is 0.544 bits per heavy atom. The van der Waals surface area contributed by atoms with Crippen molar-refractivity contribution in [1.29, 1.82) is 0 Å². The third kappa shape index (κ3) is 42.9. The fourth-order valence-electron chi connectivity index (χ4n) is 5.42. The van der Waals surface area contributed by atoms with E-state index in [0.717, 1.165) is 83.5 Å². The molecule has 0 saturated carbocycles. The van der Waals surface area contributed by atoms with E-state index < -0.39 is 32.5 Å². The van der Waals surface area contributed by atoms with Crippen LogP contribution in [0.15, 0.2) is 72.9 Å². The van der Waals surface area contributed by atoms with Crippen molar-refractivity contribution in [2.45, 2.75) is 168 Å². The van der Waals surface area contributed by atoms with Crippen LogP contribution < -0.4 is 0 Å². The fraction of sp³-hybridized carbons (Fsp3) is 0.702. The topological polar surface area (TPSA) is 108 Å². The van der Waals surface area contributed by atoms with E-state index >= 15 is 0 Å². The van der Waals surface area contributed by atoms with Gasteiger partial charge in [-0.15, -0.1) is 0 Å². The summed E-state index contributed by atoms with van der Waals surface area (Å²) in [5, 5.41) is 0. The van der Waals surface area contributed by atoms with E-state index in [1.165, 1.54) is 38.5 Å². The van der Waals surface area contributed by atoms with Crippen molar-refractivity contribution >= 4 is 19.8 Å². The maximum atomic E-state index is 12.7. The number of quaternary nitrogens is 1. The highest BCUT2D eigenvalue weighted by Crippen LogP contribution is 2.43. The number of esters is 2. The van der Waals surface area contributed by atoms with Gasteiger partial charge in [0.15, 0.2) is 6.10 Å². The molecular weight excluding hydrogens is 737 g/mol. The van der Waals surface area contributed by atoms with Crippen molar-refractivity contribution in [3.8, 4) is 0 Å². The lowest BCUT2D eigenvalue weighted by atomic mass is 10.1. The predicted octanol–water partition coefficient (Wildman–Crippen LogP) is 12.6. The molecule has 0 aliphatic rings. The van der Waals surface area contributed by atoms with Gasteiger partial charge in [-0.25, -0.2) is 4.57 Å². The minimum atomic E-state index is -4.39. The van der Waals surface area contributed by atoms with Gasteiger partial charge in [-0.1, -0.05) is 138 Å². The van der Waals surface area contributed by atoms with Gasteiger partial charge in [0.1, 0.15) is 19.8 Å². The summed E-state index contributed by atoms with van der Waals surface area (Å²) in [6.45, 7) is 4.28. The predicted molar refractivity (Wildman–Crippen MR) is 238 cm³/mol. The molecule has 0 amide bonds. The number of likely N-dealkylation sites (N-methyl/N-ethyl adjacent to an activating group) is 1. The third-order valence-electron chi connectivity index (χ3n) is 8.96. The van der Waals surface area contributed by atoms with Crippen LogP contribution in [0, 0.1) is 0 Å². The summed E-state index contributed by atoms with van der Waals surface area (Å²) in [6.07, 6.45) is 48.0. The van der Waals surface area contributed by atoms with E-state index in [9.17, 15) is 19.0 Å². The van der Waals surface area contributed by atoms with E-state index in [2.05, 4.69) is 86.8 Å². The summed E-state index contributed by atoms with van der Waals surface area (Å²) >= 11 is 0. The molecule has 328 valence electrons. The van der Waals surface area contributed by atoms with E-state index in [0.29, 0.717) is 23.9 Å². The van der Waals surface area contributed by atoms with Crippen LogP contribution in [0.25, 0.3) is 0 Å². The van der Waals surface area contributed by atoms with Crippen LogP contribution in [0.5, 0.6) is 0 Å². The quantitative estimate of drug-likeness (QED) is 0.0215. The first-order chi connectivity index (χ1) is 27.5. The molecule has 0 aromatic carbocycles. The van der Waals surface area contributed by atoms with Crippen molar-refractivity contribution in [3.63, 3.8) is 0 Å². The highest BCUT2D eigenvalue weighted by molar-refractivity contribution is 7.47. The monoisotopic (exact) mass is 821 g/mol. The Kier molecular flexibility index (Phi) is 37.2. The van der Waals surface area contributed by atoms with Gasteiger partial charge in [0.25, 0.3) is 0 Å². The van der Waals surface area contributed by atoms with Crippen LogP contribution in [-0.4, -0.2) is 74.9 Å². The summed E-state index contributed by atoms with van der Waals surface area (Å²) in [5.41, 5.74) is 0. The Morgan fingerprint density at radius 3 is 1.47 bits per heavy atom. The van der Waals surface area contributed by atoms with Gasteiger partial charge < -0.3 is 18.9 Å². The average molecular weight is 821 g/mol. The fourth-order valence-corrected chi connectivity index (χ4v) is 6.17. The van der Waals surface area contributed by atoms with Crippen LogP contribution in [0.2, 0.25) is 0 Å². The van der Waals surface area contributed by atoms with Crippen LogP contribution in [0.4, 0.5) is 0 Å². The molecule has 1 unspecified atom stereocenters. The molecule has 0 heterocycles. The summed E-state index contributed by atoms with van der Waals surface area (Å²) in [6, 6.07) is 0. The molecule has 0 aliphatic heterocycles. The first-order valence-corrected chi connectivity index (χ1v) is 23.7. The minimum Gasteiger partial charge on any atom is -0.462 e. The molecule has 2 atom stereocenters. The maximum absolute atomic E-state index is 12.7.